The molecule has 0 saturated carbocycles. The number of fused-ring (bicyclic) bond motifs is 1. The summed E-state index contributed by atoms with van der Waals surface area (Å²) in [5.74, 6) is 0. The lowest BCUT2D eigenvalue weighted by Gasteiger charge is -2.10. The second-order valence-electron chi connectivity index (χ2n) is 4.59. The van der Waals surface area contributed by atoms with E-state index >= 15 is 0 Å². The molecule has 0 bridgehead atoms. The lowest BCUT2D eigenvalue weighted by molar-refractivity contribution is 0.789. The van der Waals surface area contributed by atoms with Crippen LogP contribution in [0.15, 0.2) is 47.2 Å². The smallest absolute Gasteiger partial charge is 0.0991 e. The number of thioether (sulfide) groups is 1. The molecular weight excluding hydrogens is 264 g/mol. The predicted molar refractivity (Wildman–Crippen MR) is 87.6 cm³/mol. The van der Waals surface area contributed by atoms with E-state index in [1.165, 1.54) is 11.2 Å². The van der Waals surface area contributed by atoms with Gasteiger partial charge in [-0.1, -0.05) is 19.6 Å². The van der Waals surface area contributed by atoms with Crippen molar-refractivity contribution in [3.05, 3.63) is 58.5 Å². The highest BCUT2D eigenvalue weighted by Crippen LogP contribution is 2.25. The van der Waals surface area contributed by atoms with E-state index in [2.05, 4.69) is 30.2 Å². The van der Waals surface area contributed by atoms with Gasteiger partial charge in [-0.05, 0) is 43.0 Å². The molecule has 0 atom stereocenters. The van der Waals surface area contributed by atoms with Gasteiger partial charge in [-0.2, -0.15) is 5.26 Å². The van der Waals surface area contributed by atoms with Crippen LogP contribution in [0.25, 0.3) is 10.9 Å². The molecule has 0 N–H and O–H groups in total. The third kappa shape index (κ3) is 2.97. The van der Waals surface area contributed by atoms with E-state index in [0.717, 1.165) is 23.3 Å². The fraction of sp³-hybridized carbons (Fsp3) is 0.235. The number of nitrogens with zero attached hydrogens (tertiary/aromatic N) is 2. The quantitative estimate of drug-likeness (QED) is 0.784. The zero-order valence-electron chi connectivity index (χ0n) is 11.9. The van der Waals surface area contributed by atoms with Crippen LogP contribution in [0.5, 0.6) is 0 Å². The Balaban J connectivity index is 2.41. The number of aromatic nitrogens is 1. The summed E-state index contributed by atoms with van der Waals surface area (Å²) in [6.45, 7) is 9.08. The summed E-state index contributed by atoms with van der Waals surface area (Å²) < 4.78 is 2.29. The molecule has 0 saturated heterocycles. The maximum absolute atomic E-state index is 8.99. The van der Waals surface area contributed by atoms with Gasteiger partial charge in [-0.25, -0.2) is 0 Å². The molecule has 2 aromatic rings. The summed E-state index contributed by atoms with van der Waals surface area (Å²) in [4.78, 5) is 1.11. The topological polar surface area (TPSA) is 28.7 Å². The molecule has 20 heavy (non-hydrogen) atoms. The predicted octanol–water partition coefficient (Wildman–Crippen LogP) is 4.86. The summed E-state index contributed by atoms with van der Waals surface area (Å²) >= 11 is 1.66. The molecular formula is C17H18N2S. The Hall–Kier alpha value is -1.92. The standard InChI is InChI=1S/C17H18N2S/c1-4-8-20-13(3)12-19-16(5-2)10-15-9-14(11-18)6-7-17(15)19/h4,6-10H,3,5,12H2,1-2H3/b8-4-. The SMILES string of the molecule is C=C(Cn1c(CC)cc2cc(C#N)ccc21)S/C=C\C. The molecule has 0 spiro atoms. The number of nitriles is 1. The number of rotatable bonds is 5. The van der Waals surface area contributed by atoms with Crippen molar-refractivity contribution in [3.63, 3.8) is 0 Å². The zero-order chi connectivity index (χ0) is 14.5. The first kappa shape index (κ1) is 14.5. The first-order valence-corrected chi connectivity index (χ1v) is 7.55. The summed E-state index contributed by atoms with van der Waals surface area (Å²) in [5.41, 5.74) is 3.15. The monoisotopic (exact) mass is 282 g/mol. The van der Waals surface area contributed by atoms with Crippen molar-refractivity contribution < 1.29 is 0 Å². The number of benzene rings is 1. The van der Waals surface area contributed by atoms with Crippen LogP contribution in [0.2, 0.25) is 0 Å². The van der Waals surface area contributed by atoms with Crippen molar-refractivity contribution in [2.24, 2.45) is 0 Å². The molecule has 0 aliphatic rings. The number of hydrogen-bond donors (Lipinski definition) is 0. The highest BCUT2D eigenvalue weighted by atomic mass is 32.2. The van der Waals surface area contributed by atoms with Crippen LogP contribution >= 0.6 is 11.8 Å². The van der Waals surface area contributed by atoms with Crippen molar-refractivity contribution >= 4 is 22.7 Å². The van der Waals surface area contributed by atoms with Gasteiger partial charge in [-0.15, -0.1) is 11.8 Å². The second-order valence-corrected chi connectivity index (χ2v) is 5.67. The van der Waals surface area contributed by atoms with Gasteiger partial charge in [0.15, 0.2) is 0 Å². The van der Waals surface area contributed by atoms with Crippen LogP contribution in [-0.2, 0) is 13.0 Å². The van der Waals surface area contributed by atoms with Gasteiger partial charge < -0.3 is 4.57 Å². The number of aryl methyl sites for hydroxylation is 1. The Kier molecular flexibility index (Phi) is 4.70. The number of hydrogen-bond acceptors (Lipinski definition) is 2. The zero-order valence-corrected chi connectivity index (χ0v) is 12.7. The third-order valence-corrected chi connectivity index (χ3v) is 4.05. The molecule has 1 aromatic carbocycles. The van der Waals surface area contributed by atoms with Crippen LogP contribution in [0.1, 0.15) is 25.1 Å². The average Bonchev–Trinajstić information content (AvgIpc) is 2.82. The molecule has 0 fully saturated rings. The van der Waals surface area contributed by atoms with E-state index in [1.807, 2.05) is 36.6 Å². The Labute approximate surface area is 124 Å². The van der Waals surface area contributed by atoms with Crippen molar-refractivity contribution in [1.82, 2.24) is 4.57 Å². The normalized spacial score (nSPS) is 11.1. The second kappa shape index (κ2) is 6.49. The fourth-order valence-corrected chi connectivity index (χ4v) is 2.79. The van der Waals surface area contributed by atoms with Gasteiger partial charge in [0.25, 0.3) is 0 Å². The van der Waals surface area contributed by atoms with Crippen LogP contribution in [0, 0.1) is 11.3 Å². The van der Waals surface area contributed by atoms with Gasteiger partial charge in [-0.3, -0.25) is 0 Å². The van der Waals surface area contributed by atoms with Crippen LogP contribution in [0.3, 0.4) is 0 Å². The molecule has 3 heteroatoms. The minimum atomic E-state index is 0.708. The average molecular weight is 282 g/mol. The molecule has 2 nitrogen and oxygen atoms in total. The third-order valence-electron chi connectivity index (χ3n) is 3.18. The molecule has 0 aliphatic heterocycles. The van der Waals surface area contributed by atoms with Crippen LogP contribution in [0.4, 0.5) is 0 Å². The largest absolute Gasteiger partial charge is 0.340 e. The molecule has 2 rings (SSSR count). The Morgan fingerprint density at radius 2 is 2.25 bits per heavy atom. The molecule has 102 valence electrons. The molecule has 0 radical (unpaired) electrons. The summed E-state index contributed by atoms with van der Waals surface area (Å²) in [6.07, 6.45) is 2.99. The first-order valence-electron chi connectivity index (χ1n) is 6.67. The summed E-state index contributed by atoms with van der Waals surface area (Å²) in [5, 5.41) is 12.2. The van der Waals surface area contributed by atoms with Crippen molar-refractivity contribution in [2.75, 3.05) is 0 Å². The van der Waals surface area contributed by atoms with E-state index in [1.54, 1.807) is 11.8 Å². The highest BCUT2D eigenvalue weighted by Gasteiger charge is 2.09. The Morgan fingerprint density at radius 3 is 2.90 bits per heavy atom. The van der Waals surface area contributed by atoms with Crippen LogP contribution < -0.4 is 0 Å². The maximum atomic E-state index is 8.99. The Bertz CT molecular complexity index is 702. The fourth-order valence-electron chi connectivity index (χ4n) is 2.26. The van der Waals surface area contributed by atoms with E-state index in [9.17, 15) is 0 Å². The van der Waals surface area contributed by atoms with E-state index in [-0.39, 0.29) is 0 Å². The van der Waals surface area contributed by atoms with Gasteiger partial charge in [0.2, 0.25) is 0 Å². The van der Waals surface area contributed by atoms with Crippen molar-refractivity contribution in [3.8, 4) is 6.07 Å². The van der Waals surface area contributed by atoms with Crippen molar-refractivity contribution in [2.45, 2.75) is 26.8 Å². The minimum Gasteiger partial charge on any atom is -0.340 e. The maximum Gasteiger partial charge on any atom is 0.0991 e. The molecule has 1 heterocycles. The van der Waals surface area contributed by atoms with Gasteiger partial charge in [0.05, 0.1) is 18.2 Å². The van der Waals surface area contributed by atoms with Gasteiger partial charge in [0.1, 0.15) is 0 Å². The van der Waals surface area contributed by atoms with E-state index in [0.29, 0.717) is 5.56 Å². The number of allylic oxidation sites excluding steroid dienone is 2. The van der Waals surface area contributed by atoms with Crippen LogP contribution in [-0.4, -0.2) is 4.57 Å². The summed E-state index contributed by atoms with van der Waals surface area (Å²) in [7, 11) is 0. The lowest BCUT2D eigenvalue weighted by Crippen LogP contribution is -2.02. The first-order chi connectivity index (χ1) is 9.69. The lowest BCUT2D eigenvalue weighted by atomic mass is 10.2. The molecule has 0 amide bonds. The molecule has 0 unspecified atom stereocenters. The van der Waals surface area contributed by atoms with E-state index in [4.69, 9.17) is 5.26 Å². The summed E-state index contributed by atoms with van der Waals surface area (Å²) in [6, 6.07) is 10.2. The Morgan fingerprint density at radius 1 is 1.45 bits per heavy atom. The van der Waals surface area contributed by atoms with Gasteiger partial charge in [0, 0.05) is 21.5 Å². The molecule has 0 aliphatic carbocycles. The van der Waals surface area contributed by atoms with E-state index < -0.39 is 0 Å². The molecule has 1 aromatic heterocycles. The van der Waals surface area contributed by atoms with Crippen molar-refractivity contribution in [1.29, 1.82) is 5.26 Å². The minimum absolute atomic E-state index is 0.708. The highest BCUT2D eigenvalue weighted by molar-refractivity contribution is 8.05. The van der Waals surface area contributed by atoms with Gasteiger partial charge >= 0.3 is 0 Å².